The Morgan fingerprint density at radius 3 is 2.71 bits per heavy atom. The van der Waals surface area contributed by atoms with Gasteiger partial charge in [0.2, 0.25) is 0 Å². The fraction of sp³-hybridized carbons (Fsp3) is 0.0588. The monoisotopic (exact) mass is 274 g/mol. The SMILES string of the molecule is NCc1cc2ccccc2c(-n2cnc3ccccc32)n1. The molecular weight excluding hydrogens is 260 g/mol. The third-order valence-electron chi connectivity index (χ3n) is 3.66. The molecule has 0 aliphatic heterocycles. The molecule has 0 amide bonds. The van der Waals surface area contributed by atoms with E-state index in [1.54, 1.807) is 0 Å². The van der Waals surface area contributed by atoms with Crippen molar-refractivity contribution in [3.8, 4) is 5.82 Å². The summed E-state index contributed by atoms with van der Waals surface area (Å²) in [5.41, 5.74) is 8.67. The van der Waals surface area contributed by atoms with Crippen LogP contribution in [0.5, 0.6) is 0 Å². The molecule has 2 aromatic carbocycles. The van der Waals surface area contributed by atoms with Crippen LogP contribution in [0.25, 0.3) is 27.6 Å². The van der Waals surface area contributed by atoms with Gasteiger partial charge in [0.1, 0.15) is 12.1 Å². The summed E-state index contributed by atoms with van der Waals surface area (Å²) < 4.78 is 2.02. The minimum atomic E-state index is 0.421. The first-order valence-electron chi connectivity index (χ1n) is 6.88. The number of para-hydroxylation sites is 2. The Labute approximate surface area is 121 Å². The van der Waals surface area contributed by atoms with Crippen molar-refractivity contribution >= 4 is 21.8 Å². The second kappa shape index (κ2) is 4.68. The molecule has 0 aliphatic carbocycles. The fourth-order valence-electron chi connectivity index (χ4n) is 2.65. The van der Waals surface area contributed by atoms with Crippen molar-refractivity contribution in [2.24, 2.45) is 5.73 Å². The van der Waals surface area contributed by atoms with Crippen LogP contribution >= 0.6 is 0 Å². The van der Waals surface area contributed by atoms with E-state index in [0.717, 1.165) is 33.3 Å². The predicted molar refractivity (Wildman–Crippen MR) is 84.3 cm³/mol. The molecule has 0 bridgehead atoms. The minimum absolute atomic E-state index is 0.421. The van der Waals surface area contributed by atoms with E-state index in [9.17, 15) is 0 Å². The van der Waals surface area contributed by atoms with Gasteiger partial charge < -0.3 is 5.73 Å². The molecule has 4 rings (SSSR count). The third kappa shape index (κ3) is 1.88. The number of rotatable bonds is 2. The number of fused-ring (bicyclic) bond motifs is 2. The molecule has 0 saturated heterocycles. The maximum absolute atomic E-state index is 5.79. The number of imidazole rings is 1. The number of aromatic nitrogens is 3. The maximum atomic E-state index is 5.79. The highest BCUT2D eigenvalue weighted by molar-refractivity contribution is 5.91. The summed E-state index contributed by atoms with van der Waals surface area (Å²) in [4.78, 5) is 9.16. The molecule has 0 atom stereocenters. The largest absolute Gasteiger partial charge is 0.325 e. The van der Waals surface area contributed by atoms with Gasteiger partial charge in [-0.05, 0) is 23.6 Å². The third-order valence-corrected chi connectivity index (χ3v) is 3.66. The van der Waals surface area contributed by atoms with Gasteiger partial charge in [0.05, 0.1) is 16.7 Å². The second-order valence-corrected chi connectivity index (χ2v) is 4.97. The molecule has 0 spiro atoms. The van der Waals surface area contributed by atoms with Crippen molar-refractivity contribution in [2.45, 2.75) is 6.54 Å². The molecule has 2 heterocycles. The van der Waals surface area contributed by atoms with Gasteiger partial charge >= 0.3 is 0 Å². The number of nitrogens with two attached hydrogens (primary N) is 1. The molecule has 2 N–H and O–H groups in total. The lowest BCUT2D eigenvalue weighted by Gasteiger charge is -2.10. The average Bonchev–Trinajstić information content (AvgIpc) is 2.97. The second-order valence-electron chi connectivity index (χ2n) is 4.97. The summed E-state index contributed by atoms with van der Waals surface area (Å²) in [5.74, 6) is 0.877. The number of pyridine rings is 1. The summed E-state index contributed by atoms with van der Waals surface area (Å²) >= 11 is 0. The molecular formula is C17H14N4. The molecule has 102 valence electrons. The number of hydrogen-bond donors (Lipinski definition) is 1. The lowest BCUT2D eigenvalue weighted by molar-refractivity contribution is 0.950. The first-order chi connectivity index (χ1) is 10.4. The van der Waals surface area contributed by atoms with E-state index in [1.807, 2.05) is 53.4 Å². The van der Waals surface area contributed by atoms with Gasteiger partial charge in [-0.15, -0.1) is 0 Å². The van der Waals surface area contributed by atoms with Crippen LogP contribution in [0.15, 0.2) is 60.9 Å². The zero-order chi connectivity index (χ0) is 14.2. The van der Waals surface area contributed by atoms with Crippen molar-refractivity contribution in [1.82, 2.24) is 14.5 Å². The number of hydrogen-bond acceptors (Lipinski definition) is 3. The van der Waals surface area contributed by atoms with Gasteiger partial charge in [0.25, 0.3) is 0 Å². The molecule has 0 fully saturated rings. The van der Waals surface area contributed by atoms with Gasteiger partial charge in [0, 0.05) is 11.9 Å². The quantitative estimate of drug-likeness (QED) is 0.611. The number of benzene rings is 2. The topological polar surface area (TPSA) is 56.7 Å². The molecule has 0 saturated carbocycles. The zero-order valence-electron chi connectivity index (χ0n) is 11.4. The summed E-state index contributed by atoms with van der Waals surface area (Å²) in [7, 11) is 0. The Morgan fingerprint density at radius 2 is 1.81 bits per heavy atom. The smallest absolute Gasteiger partial charge is 0.146 e. The Balaban J connectivity index is 2.09. The van der Waals surface area contributed by atoms with E-state index in [1.165, 1.54) is 0 Å². The summed E-state index contributed by atoms with van der Waals surface area (Å²) in [6.45, 7) is 0.421. The van der Waals surface area contributed by atoms with Gasteiger partial charge in [-0.3, -0.25) is 4.57 Å². The van der Waals surface area contributed by atoms with Crippen molar-refractivity contribution < 1.29 is 0 Å². The highest BCUT2D eigenvalue weighted by atomic mass is 15.1. The first kappa shape index (κ1) is 12.1. The summed E-state index contributed by atoms with van der Waals surface area (Å²) in [6, 6.07) is 18.3. The fourth-order valence-corrected chi connectivity index (χ4v) is 2.65. The van der Waals surface area contributed by atoms with Crippen LogP contribution in [-0.4, -0.2) is 14.5 Å². The Morgan fingerprint density at radius 1 is 1.00 bits per heavy atom. The molecule has 0 unspecified atom stereocenters. The summed E-state index contributed by atoms with van der Waals surface area (Å²) in [6.07, 6.45) is 1.82. The van der Waals surface area contributed by atoms with Crippen molar-refractivity contribution in [2.75, 3.05) is 0 Å². The molecule has 4 heteroatoms. The normalized spacial score (nSPS) is 11.3. The van der Waals surface area contributed by atoms with Crippen molar-refractivity contribution in [3.63, 3.8) is 0 Å². The molecule has 0 radical (unpaired) electrons. The molecule has 21 heavy (non-hydrogen) atoms. The van der Waals surface area contributed by atoms with Crippen molar-refractivity contribution in [1.29, 1.82) is 0 Å². The average molecular weight is 274 g/mol. The Kier molecular flexibility index (Phi) is 2.69. The lowest BCUT2D eigenvalue weighted by Crippen LogP contribution is -2.04. The highest BCUT2D eigenvalue weighted by Crippen LogP contribution is 2.24. The van der Waals surface area contributed by atoms with Gasteiger partial charge in [-0.2, -0.15) is 0 Å². The van der Waals surface area contributed by atoms with Crippen LogP contribution < -0.4 is 5.73 Å². The molecule has 4 nitrogen and oxygen atoms in total. The first-order valence-corrected chi connectivity index (χ1v) is 6.88. The molecule has 0 aliphatic rings. The van der Waals surface area contributed by atoms with E-state index in [2.05, 4.69) is 17.1 Å². The highest BCUT2D eigenvalue weighted by Gasteiger charge is 2.10. The van der Waals surface area contributed by atoms with E-state index in [-0.39, 0.29) is 0 Å². The van der Waals surface area contributed by atoms with Gasteiger partial charge in [-0.25, -0.2) is 9.97 Å². The van der Waals surface area contributed by atoms with Crippen LogP contribution in [0.1, 0.15) is 5.69 Å². The predicted octanol–water partition coefficient (Wildman–Crippen LogP) is 3.03. The maximum Gasteiger partial charge on any atom is 0.146 e. The molecule has 2 aromatic heterocycles. The summed E-state index contributed by atoms with van der Waals surface area (Å²) in [5, 5.41) is 2.23. The Bertz CT molecular complexity index is 940. The van der Waals surface area contributed by atoms with E-state index >= 15 is 0 Å². The van der Waals surface area contributed by atoms with Crippen LogP contribution in [0.4, 0.5) is 0 Å². The zero-order valence-corrected chi connectivity index (χ0v) is 11.4. The van der Waals surface area contributed by atoms with Crippen LogP contribution in [0.3, 0.4) is 0 Å². The molecule has 4 aromatic rings. The minimum Gasteiger partial charge on any atom is -0.325 e. The number of nitrogens with zero attached hydrogens (tertiary/aromatic N) is 3. The van der Waals surface area contributed by atoms with Crippen LogP contribution in [0.2, 0.25) is 0 Å². The standard InChI is InChI=1S/C17H14N4/c18-10-13-9-12-5-1-2-6-14(12)17(20-13)21-11-19-15-7-3-4-8-16(15)21/h1-9,11H,10,18H2. The van der Waals surface area contributed by atoms with E-state index < -0.39 is 0 Å². The van der Waals surface area contributed by atoms with E-state index in [4.69, 9.17) is 10.7 Å². The van der Waals surface area contributed by atoms with Gasteiger partial charge in [-0.1, -0.05) is 36.4 Å². The van der Waals surface area contributed by atoms with Crippen molar-refractivity contribution in [3.05, 3.63) is 66.6 Å². The van der Waals surface area contributed by atoms with Crippen LogP contribution in [0, 0.1) is 0 Å². The van der Waals surface area contributed by atoms with Gasteiger partial charge in [0.15, 0.2) is 0 Å². The van der Waals surface area contributed by atoms with E-state index in [0.29, 0.717) is 6.54 Å². The lowest BCUT2D eigenvalue weighted by atomic mass is 10.1. The Hall–Kier alpha value is -2.72. The van der Waals surface area contributed by atoms with Crippen LogP contribution in [-0.2, 0) is 6.54 Å².